The van der Waals surface area contributed by atoms with E-state index in [9.17, 15) is 28.8 Å². The van der Waals surface area contributed by atoms with E-state index < -0.39 is 16.6 Å². The van der Waals surface area contributed by atoms with Crippen LogP contribution in [0.4, 0.5) is 42.4 Å². The molecule has 87 heavy (non-hydrogen) atoms. The van der Waals surface area contributed by atoms with Crippen LogP contribution in [0.25, 0.3) is 22.1 Å². The number of anilines is 4. The van der Waals surface area contributed by atoms with E-state index in [0.717, 1.165) is 92.9 Å². The van der Waals surface area contributed by atoms with Gasteiger partial charge >= 0.3 is 23.6 Å². The van der Waals surface area contributed by atoms with Crippen LogP contribution in [-0.4, -0.2) is 205 Å². The summed E-state index contributed by atoms with van der Waals surface area (Å²) in [5, 5.41) is 11.2. The second kappa shape index (κ2) is 29.2. The number of likely N-dealkylation sites (tertiary alicyclic amines) is 2. The number of fused-ring (bicyclic) bond motifs is 2. The molecular weight excluding hydrogens is 1130 g/mol. The van der Waals surface area contributed by atoms with E-state index in [-0.39, 0.29) is 29.3 Å². The van der Waals surface area contributed by atoms with Crippen LogP contribution in [-0.2, 0) is 35.7 Å². The molecule has 25 heteroatoms. The van der Waals surface area contributed by atoms with Crippen LogP contribution in [0.5, 0.6) is 0 Å². The highest BCUT2D eigenvalue weighted by Gasteiger charge is 2.35. The lowest BCUT2D eigenvalue weighted by molar-refractivity contribution is -0.00344. The molecule has 0 unspecified atom stereocenters. The van der Waals surface area contributed by atoms with Crippen LogP contribution >= 0.6 is 11.6 Å². The molecule has 3 N–H and O–H groups in total. The maximum Gasteiger partial charge on any atom is 0.410 e. The first-order valence-electron chi connectivity index (χ1n) is 29.7. The topological polar surface area (TPSA) is 241 Å². The van der Waals surface area contributed by atoms with E-state index in [2.05, 4.69) is 60.0 Å². The number of ether oxygens (including phenoxy) is 2. The number of carbonyl (C=O) groups excluding carboxylic acids is 4. The van der Waals surface area contributed by atoms with Gasteiger partial charge < -0.3 is 49.9 Å². The summed E-state index contributed by atoms with van der Waals surface area (Å²) < 4.78 is 14.3. The number of halogens is 1. The molecule has 10 rings (SSSR count). The zero-order chi connectivity index (χ0) is 62.6. The van der Waals surface area contributed by atoms with Crippen LogP contribution in [0.3, 0.4) is 0 Å². The van der Waals surface area contributed by atoms with Gasteiger partial charge in [0.25, 0.3) is 11.1 Å². The van der Waals surface area contributed by atoms with Crippen molar-refractivity contribution in [2.45, 2.75) is 91.8 Å². The Labute approximate surface area is 513 Å². The molecule has 6 aromatic rings. The Hall–Kier alpha value is -7.93. The van der Waals surface area contributed by atoms with Gasteiger partial charge in [-0.3, -0.25) is 33.3 Å². The first kappa shape index (κ1) is 65.1. The molecule has 0 aliphatic carbocycles. The quantitative estimate of drug-likeness (QED) is 0.0699. The third kappa shape index (κ3) is 19.0. The lowest BCUT2D eigenvalue weighted by atomic mass is 9.97. The predicted molar refractivity (Wildman–Crippen MR) is 338 cm³/mol. The molecular formula is C62H85ClN16O8. The van der Waals surface area contributed by atoms with Crippen LogP contribution in [0.15, 0.2) is 94.8 Å². The molecule has 0 saturated carbocycles. The lowest BCUT2D eigenvalue weighted by Gasteiger charge is -2.39. The van der Waals surface area contributed by atoms with Gasteiger partial charge in [0.1, 0.15) is 22.5 Å². The molecule has 2 aromatic carbocycles. The number of rotatable bonds is 14. The largest absolute Gasteiger partial charge is 0.444 e. The van der Waals surface area contributed by atoms with Gasteiger partial charge in [0, 0.05) is 180 Å². The molecule has 4 saturated heterocycles. The number of nitrogens with zero attached hydrogens (tertiary/aromatic N) is 13. The van der Waals surface area contributed by atoms with Crippen LogP contribution < -0.4 is 27.1 Å². The third-order valence-electron chi connectivity index (χ3n) is 15.0. The summed E-state index contributed by atoms with van der Waals surface area (Å²) in [6.45, 7) is 23.6. The third-order valence-corrected chi connectivity index (χ3v) is 15.3. The second-order valence-electron chi connectivity index (χ2n) is 24.9. The van der Waals surface area contributed by atoms with Crippen molar-refractivity contribution in [3.05, 3.63) is 117 Å². The van der Waals surface area contributed by atoms with E-state index in [4.69, 9.17) is 31.0 Å². The summed E-state index contributed by atoms with van der Waals surface area (Å²) in [6.07, 6.45) is 4.43. The summed E-state index contributed by atoms with van der Waals surface area (Å²) >= 11 is 4.90. The predicted octanol–water partition coefficient (Wildman–Crippen LogP) is 7.70. The summed E-state index contributed by atoms with van der Waals surface area (Å²) in [5.74, 6) is 1.49. The van der Waals surface area contributed by atoms with Crippen molar-refractivity contribution in [2.24, 2.45) is 11.8 Å². The summed E-state index contributed by atoms with van der Waals surface area (Å²) in [6, 6.07) is 23.1. The highest BCUT2D eigenvalue weighted by molar-refractivity contribution is 6.62. The van der Waals surface area contributed by atoms with E-state index >= 15 is 0 Å². The van der Waals surface area contributed by atoms with Gasteiger partial charge in [-0.05, 0) is 125 Å². The van der Waals surface area contributed by atoms with Crippen molar-refractivity contribution in [3.8, 4) is 0 Å². The standard InChI is InChI=1S/C31H42N8O4.C28H37N7O3.C3H6ClNO/c1-31(2,3)43-30(42)38-20-23(21-38)11-12-39-26(40)10-9-24-18-32-28(34-27(24)39)33-25-8-6-7-22(17-25)19-36-13-15-37(16-14-36)29(41)35(4)5;1-28(2,3)38-27(37)34-18-21(19-34)9-12-35-24(36)8-7-22-16-30-26(32-25(22)35)31-23-6-4-5-20(15-23)17-33-13-10-29-11-14-33;1-5(2)3(4)6/h6-10,17-18,23H,11-16,19-21H2,1-5H3,(H,32,33,34);4-8,15-16,21,29H,9-14,17-19H2,1-3H3,(H,30,31,32);1-2H3. The van der Waals surface area contributed by atoms with Crippen LogP contribution in [0.2, 0.25) is 0 Å². The lowest BCUT2D eigenvalue weighted by Crippen LogP contribution is -2.51. The van der Waals surface area contributed by atoms with E-state index in [1.807, 2.05) is 70.7 Å². The summed E-state index contributed by atoms with van der Waals surface area (Å²) in [4.78, 5) is 104. The maximum atomic E-state index is 12.8. The number of hydrogen-bond donors (Lipinski definition) is 3. The molecule has 0 atom stereocenters. The Bertz CT molecular complexity index is 3470. The normalized spacial score (nSPS) is 15.9. The summed E-state index contributed by atoms with van der Waals surface area (Å²) in [5.41, 5.74) is 4.11. The number of benzene rings is 2. The number of hydrogen-bond acceptors (Lipinski definition) is 17. The Morgan fingerprint density at radius 3 is 1.39 bits per heavy atom. The average molecular weight is 1220 g/mol. The Morgan fingerprint density at radius 1 is 0.586 bits per heavy atom. The molecule has 5 amide bonds. The monoisotopic (exact) mass is 1220 g/mol. The summed E-state index contributed by atoms with van der Waals surface area (Å²) in [7, 11) is 6.75. The smallest absolute Gasteiger partial charge is 0.410 e. The van der Waals surface area contributed by atoms with Crippen molar-refractivity contribution < 1.29 is 28.7 Å². The highest BCUT2D eigenvalue weighted by atomic mass is 35.5. The van der Waals surface area contributed by atoms with E-state index in [1.54, 1.807) is 88.7 Å². The number of pyridine rings is 2. The number of carbonyl (C=O) groups is 4. The zero-order valence-electron chi connectivity index (χ0n) is 51.9. The van der Waals surface area contributed by atoms with Gasteiger partial charge in [-0.2, -0.15) is 9.97 Å². The van der Waals surface area contributed by atoms with Crippen LogP contribution in [0.1, 0.15) is 65.5 Å². The molecule has 4 aromatic heterocycles. The Balaban J connectivity index is 0.000000208. The number of amides is 5. The van der Waals surface area contributed by atoms with Crippen molar-refractivity contribution in [2.75, 3.05) is 117 Å². The molecule has 24 nitrogen and oxygen atoms in total. The first-order chi connectivity index (χ1) is 41.3. The minimum absolute atomic E-state index is 0.0551. The van der Waals surface area contributed by atoms with Crippen LogP contribution in [0, 0.1) is 11.8 Å². The number of aryl methyl sites for hydroxylation is 2. The van der Waals surface area contributed by atoms with E-state index in [0.29, 0.717) is 87.4 Å². The SMILES string of the molecule is CC(C)(C)OC(=O)N1CC(CCn2c(=O)ccc3cnc(Nc4cccc(CN5CCNCC5)c4)nc32)C1.CN(C)C(=O)Cl.CN(C)C(=O)N1CCN(Cc2cccc(Nc3ncc4ccc(=O)n(CCC5CN(C(=O)OC(C)(C)C)C5)c4n3)c2)CC1. The fourth-order valence-electron chi connectivity index (χ4n) is 10.3. The number of piperazine rings is 2. The van der Waals surface area contributed by atoms with Gasteiger partial charge in [-0.25, -0.2) is 24.4 Å². The second-order valence-corrected chi connectivity index (χ2v) is 25.3. The highest BCUT2D eigenvalue weighted by Crippen LogP contribution is 2.26. The molecule has 8 heterocycles. The van der Waals surface area contributed by atoms with Crippen molar-refractivity contribution in [1.29, 1.82) is 0 Å². The Kier molecular flexibility index (Phi) is 21.8. The molecule has 4 aliphatic heterocycles. The minimum Gasteiger partial charge on any atom is -0.444 e. The first-order valence-corrected chi connectivity index (χ1v) is 30.1. The van der Waals surface area contributed by atoms with Crippen molar-refractivity contribution >= 4 is 80.5 Å². The van der Waals surface area contributed by atoms with Gasteiger partial charge in [-0.15, -0.1) is 0 Å². The Morgan fingerprint density at radius 2 is 1.00 bits per heavy atom. The number of nitrogens with one attached hydrogen (secondary N) is 3. The minimum atomic E-state index is -0.518. The van der Waals surface area contributed by atoms with Gasteiger partial charge in [0.2, 0.25) is 11.9 Å². The van der Waals surface area contributed by atoms with Gasteiger partial charge in [-0.1, -0.05) is 24.3 Å². The van der Waals surface area contributed by atoms with E-state index in [1.165, 1.54) is 10.5 Å². The number of urea groups is 1. The fourth-order valence-corrected chi connectivity index (χ4v) is 10.3. The molecule has 468 valence electrons. The zero-order valence-corrected chi connectivity index (χ0v) is 52.7. The molecule has 0 bridgehead atoms. The van der Waals surface area contributed by atoms with Crippen molar-refractivity contribution in [1.82, 2.24) is 68.7 Å². The fraction of sp³-hybridized carbons (Fsp3) is 0.516. The number of aromatic nitrogens is 6. The average Bonchev–Trinajstić information content (AvgIpc) is 1.47. The molecule has 0 radical (unpaired) electrons. The molecule has 4 fully saturated rings. The molecule has 4 aliphatic rings. The molecule has 0 spiro atoms. The van der Waals surface area contributed by atoms with Crippen molar-refractivity contribution in [3.63, 3.8) is 0 Å². The maximum absolute atomic E-state index is 12.8. The van der Waals surface area contributed by atoms with Gasteiger partial charge in [0.15, 0.2) is 0 Å². The van der Waals surface area contributed by atoms with Gasteiger partial charge in [0.05, 0.1) is 0 Å².